The number of hydrogen-bond acceptors (Lipinski definition) is 16. The normalized spacial score (nSPS) is 29.8. The van der Waals surface area contributed by atoms with E-state index in [9.17, 15) is 45.0 Å². The average molecular weight is 943 g/mol. The number of methoxy groups -OCH3 is 1. The predicted molar refractivity (Wildman–Crippen MR) is 256 cm³/mol. The standard InChI is InChI=1S/C51H66N4O13/c1-25-14-12-15-26(2)50(64)53-41-36(21-52-55-27(3)22-54(23-28(55)4)24-34-16-13-17-35(57)20-34)45(61)38-39(46(41)62)44(60)32(8)48-40(38)49(63)51(10,68-48)66-19-18-37(65-11)29(5)47(67-33(9)56)31(7)43(59)30(6)42(25)58/h12-21,25,27-31,37,42-43,47,57-62H,22-24H2,1-11H3,(H,53,64). The number of carbonyl (C=O) groups excluding carboxylic acids is 3. The molecule has 0 saturated carbocycles. The Morgan fingerprint density at radius 1 is 0.926 bits per heavy atom. The van der Waals surface area contributed by atoms with Crippen molar-refractivity contribution in [3.05, 3.63) is 82.7 Å². The molecule has 11 atom stereocenters. The van der Waals surface area contributed by atoms with Gasteiger partial charge in [-0.15, -0.1) is 0 Å². The first-order valence-corrected chi connectivity index (χ1v) is 22.9. The van der Waals surface area contributed by atoms with Crippen LogP contribution in [0.15, 0.2) is 65.5 Å². The number of hydrazone groups is 1. The van der Waals surface area contributed by atoms with Gasteiger partial charge in [-0.05, 0) is 51.5 Å². The zero-order chi connectivity index (χ0) is 50.1. The minimum atomic E-state index is -2.08. The molecule has 1 fully saturated rings. The van der Waals surface area contributed by atoms with E-state index in [0.29, 0.717) is 19.6 Å². The quantitative estimate of drug-likeness (QED) is 0.0614. The van der Waals surface area contributed by atoms with E-state index in [4.69, 9.17) is 24.0 Å². The van der Waals surface area contributed by atoms with E-state index in [2.05, 4.69) is 10.2 Å². The molecule has 5 bridgehead atoms. The number of aliphatic hydroxyl groups excluding tert-OH is 2. The predicted octanol–water partition coefficient (Wildman–Crippen LogP) is 6.39. The molecule has 11 unspecified atom stereocenters. The van der Waals surface area contributed by atoms with Crippen LogP contribution in [0.5, 0.6) is 28.7 Å². The molecule has 4 aliphatic rings. The molecule has 17 heteroatoms. The van der Waals surface area contributed by atoms with Gasteiger partial charge in [0.2, 0.25) is 0 Å². The van der Waals surface area contributed by atoms with Crippen molar-refractivity contribution in [2.75, 3.05) is 25.5 Å². The smallest absolute Gasteiger partial charge is 0.312 e. The second-order valence-corrected chi connectivity index (χ2v) is 18.8. The topological polar surface area (TPSA) is 240 Å². The number of benzene rings is 3. The fourth-order valence-corrected chi connectivity index (χ4v) is 9.69. The highest BCUT2D eigenvalue weighted by Crippen LogP contribution is 2.55. The number of allylic oxidation sites excluding steroid dienone is 2. The van der Waals surface area contributed by atoms with Crippen molar-refractivity contribution in [2.24, 2.45) is 28.8 Å². The number of rotatable bonds is 6. The Labute approximate surface area is 396 Å². The molecular formula is C51H66N4O13. The fourth-order valence-electron chi connectivity index (χ4n) is 9.69. The van der Waals surface area contributed by atoms with Gasteiger partial charge in [0.25, 0.3) is 11.7 Å². The highest BCUT2D eigenvalue weighted by Gasteiger charge is 2.50. The minimum absolute atomic E-state index is 0.0363. The number of Topliss-reactive ketones (excluding diaryl/α,β-unsaturated/α-hetero) is 1. The number of hydrogen-bond donors (Lipinski definition) is 7. The molecule has 4 aliphatic heterocycles. The van der Waals surface area contributed by atoms with E-state index >= 15 is 0 Å². The van der Waals surface area contributed by atoms with Gasteiger partial charge in [0.05, 0.1) is 65.1 Å². The number of aliphatic hydroxyl groups is 2. The molecule has 0 aliphatic carbocycles. The number of phenolic OH excluding ortho intramolecular Hbond substituents is 4. The molecule has 368 valence electrons. The van der Waals surface area contributed by atoms with E-state index in [-0.39, 0.29) is 62.3 Å². The van der Waals surface area contributed by atoms with E-state index < -0.39 is 88.8 Å². The third kappa shape index (κ3) is 10.2. The zero-order valence-corrected chi connectivity index (χ0v) is 40.6. The summed E-state index contributed by atoms with van der Waals surface area (Å²) in [5, 5.41) is 78.1. The van der Waals surface area contributed by atoms with E-state index in [1.165, 1.54) is 59.4 Å². The molecule has 7 rings (SSSR count). The van der Waals surface area contributed by atoms with Gasteiger partial charge in [-0.3, -0.25) is 24.3 Å². The van der Waals surface area contributed by atoms with Gasteiger partial charge in [0.15, 0.2) is 5.75 Å². The summed E-state index contributed by atoms with van der Waals surface area (Å²) in [7, 11) is 1.43. The van der Waals surface area contributed by atoms with Crippen LogP contribution in [0.2, 0.25) is 0 Å². The largest absolute Gasteiger partial charge is 0.508 e. The summed E-state index contributed by atoms with van der Waals surface area (Å²) < 4.78 is 23.8. The number of phenols is 4. The number of ketones is 1. The first-order valence-electron chi connectivity index (χ1n) is 22.9. The number of fused-ring (bicyclic) bond motifs is 14. The van der Waals surface area contributed by atoms with Gasteiger partial charge in [-0.1, -0.05) is 58.1 Å². The number of esters is 1. The maximum atomic E-state index is 14.6. The number of nitrogens with zero attached hydrogens (tertiary/aromatic N) is 3. The Morgan fingerprint density at radius 2 is 1.60 bits per heavy atom. The Balaban J connectivity index is 1.48. The summed E-state index contributed by atoms with van der Waals surface area (Å²) >= 11 is 0. The molecule has 1 amide bonds. The fraction of sp³-hybridized carbons (Fsp3) is 0.490. The molecule has 3 aromatic rings. The van der Waals surface area contributed by atoms with E-state index in [1.807, 2.05) is 24.9 Å². The zero-order valence-electron chi connectivity index (χ0n) is 40.6. The lowest BCUT2D eigenvalue weighted by molar-refractivity contribution is -0.160. The number of ether oxygens (including phenoxy) is 4. The third-order valence-corrected chi connectivity index (χ3v) is 13.6. The molecule has 0 spiro atoms. The van der Waals surface area contributed by atoms with Gasteiger partial charge in [-0.25, -0.2) is 0 Å². The van der Waals surface area contributed by atoms with Crippen LogP contribution in [0.4, 0.5) is 5.69 Å². The highest BCUT2D eigenvalue weighted by atomic mass is 16.7. The monoisotopic (exact) mass is 942 g/mol. The van der Waals surface area contributed by atoms with Gasteiger partial charge >= 0.3 is 11.8 Å². The number of piperazine rings is 1. The first-order chi connectivity index (χ1) is 32.0. The molecule has 7 N–H and O–H groups in total. The third-order valence-electron chi connectivity index (χ3n) is 13.6. The van der Waals surface area contributed by atoms with Crippen LogP contribution >= 0.6 is 0 Å². The molecule has 1 saturated heterocycles. The summed E-state index contributed by atoms with van der Waals surface area (Å²) in [6, 6.07) is 6.72. The molecule has 4 heterocycles. The van der Waals surface area contributed by atoms with Crippen LogP contribution in [0, 0.1) is 30.6 Å². The Hall–Kier alpha value is -6.14. The lowest BCUT2D eigenvalue weighted by Gasteiger charge is -2.42. The van der Waals surface area contributed by atoms with Crippen molar-refractivity contribution in [1.82, 2.24) is 9.91 Å². The van der Waals surface area contributed by atoms with Crippen LogP contribution < -0.4 is 10.1 Å². The van der Waals surface area contributed by atoms with Gasteiger partial charge in [-0.2, -0.15) is 5.10 Å². The number of carbonyl (C=O) groups is 3. The molecule has 68 heavy (non-hydrogen) atoms. The van der Waals surface area contributed by atoms with Crippen LogP contribution in [-0.4, -0.2) is 127 Å². The second kappa shape index (κ2) is 20.6. The summed E-state index contributed by atoms with van der Waals surface area (Å²) in [5.41, 5.74) is 0.454. The van der Waals surface area contributed by atoms with Crippen molar-refractivity contribution in [2.45, 2.75) is 118 Å². The Kier molecular flexibility index (Phi) is 15.5. The number of anilines is 1. The minimum Gasteiger partial charge on any atom is -0.508 e. The average Bonchev–Trinajstić information content (AvgIpc) is 3.55. The molecule has 0 radical (unpaired) electrons. The summed E-state index contributed by atoms with van der Waals surface area (Å²) in [4.78, 5) is 43.3. The molecule has 0 aromatic heterocycles. The van der Waals surface area contributed by atoms with Gasteiger partial charge < -0.3 is 54.9 Å². The number of amides is 1. The molecule has 17 nitrogen and oxygen atoms in total. The van der Waals surface area contributed by atoms with E-state index in [1.54, 1.807) is 58.0 Å². The first kappa shape index (κ1) is 51.3. The van der Waals surface area contributed by atoms with Crippen molar-refractivity contribution >= 4 is 40.3 Å². The van der Waals surface area contributed by atoms with Crippen LogP contribution in [0.1, 0.15) is 89.4 Å². The van der Waals surface area contributed by atoms with Crippen LogP contribution in [0.3, 0.4) is 0 Å². The highest BCUT2D eigenvalue weighted by molar-refractivity contribution is 6.23. The van der Waals surface area contributed by atoms with Crippen LogP contribution in [0.25, 0.3) is 10.8 Å². The SMILES string of the molecule is COC1C=COC2(C)Oc3c(C)c(O)c4c(O)c(c(C=NN5C(C)CN(Cc6cccc(O)c6)CC5C)c(O)c4c3C2=O)NC(=O)C(C)=CC=CC(C)C(O)C(C)C(O)C(C)C(OC(C)=O)C1C. The van der Waals surface area contributed by atoms with E-state index in [0.717, 1.165) is 5.56 Å². The number of aromatic hydroxyl groups is 4. The maximum Gasteiger partial charge on any atom is 0.312 e. The summed E-state index contributed by atoms with van der Waals surface area (Å²) in [5.74, 6) is -8.45. The summed E-state index contributed by atoms with van der Waals surface area (Å²) in [6.07, 6.45) is 4.77. The van der Waals surface area contributed by atoms with Gasteiger partial charge in [0.1, 0.15) is 29.1 Å². The van der Waals surface area contributed by atoms with Gasteiger partial charge in [0, 0.05) is 80.8 Å². The molecular weight excluding hydrogens is 877 g/mol. The van der Waals surface area contributed by atoms with Crippen molar-refractivity contribution in [1.29, 1.82) is 0 Å². The lowest BCUT2D eigenvalue weighted by atomic mass is 9.78. The van der Waals surface area contributed by atoms with Crippen molar-refractivity contribution in [3.8, 4) is 28.7 Å². The lowest BCUT2D eigenvalue weighted by Crippen LogP contribution is -2.54. The Morgan fingerprint density at radius 3 is 2.24 bits per heavy atom. The number of nitrogens with one attached hydrogen (secondary N) is 1. The second-order valence-electron chi connectivity index (χ2n) is 18.8. The summed E-state index contributed by atoms with van der Waals surface area (Å²) in [6.45, 7) is 18.2. The van der Waals surface area contributed by atoms with Crippen LogP contribution in [-0.2, 0) is 30.3 Å². The van der Waals surface area contributed by atoms with Crippen molar-refractivity contribution in [3.63, 3.8) is 0 Å². The van der Waals surface area contributed by atoms with Crippen molar-refractivity contribution < 1.29 is 64.0 Å². The maximum absolute atomic E-state index is 14.6. The Bertz CT molecular complexity index is 2530. The molecule has 3 aromatic carbocycles.